The van der Waals surface area contributed by atoms with Crippen LogP contribution in [-0.4, -0.2) is 0 Å². The van der Waals surface area contributed by atoms with Crippen molar-refractivity contribution in [2.75, 3.05) is 0 Å². The molecule has 0 N–H and O–H groups in total. The van der Waals surface area contributed by atoms with Gasteiger partial charge in [0.05, 0.1) is 17.0 Å². The maximum Gasteiger partial charge on any atom is 0.0998 e. The summed E-state index contributed by atoms with van der Waals surface area (Å²) in [5.74, 6) is 0. The third kappa shape index (κ3) is 1.47. The van der Waals surface area contributed by atoms with Crippen molar-refractivity contribution in [3.63, 3.8) is 0 Å². The molecule has 0 fully saturated rings. The molecule has 0 amide bonds. The molecule has 1 radical (unpaired) electrons. The molecule has 13 heavy (non-hydrogen) atoms. The molecule has 0 aliphatic heterocycles. The Bertz CT molecular complexity index is 437. The van der Waals surface area contributed by atoms with Gasteiger partial charge >= 0.3 is 0 Å². The van der Waals surface area contributed by atoms with Crippen molar-refractivity contribution < 1.29 is 0 Å². The van der Waals surface area contributed by atoms with Crippen LogP contribution in [0.2, 0.25) is 0 Å². The fraction of sp³-hybridized carbons (Fsp3) is 0. The van der Waals surface area contributed by atoms with Gasteiger partial charge in [0.25, 0.3) is 0 Å². The molecule has 1 aromatic heterocycles. The summed E-state index contributed by atoms with van der Waals surface area (Å²) in [5.41, 5.74) is 2.67. The molecule has 1 heterocycles. The van der Waals surface area contributed by atoms with E-state index >= 15 is 0 Å². The average molecular weight is 184 g/mol. The van der Waals surface area contributed by atoms with Crippen molar-refractivity contribution in [3.8, 4) is 17.2 Å². The van der Waals surface area contributed by atoms with Crippen LogP contribution in [0.3, 0.4) is 0 Å². The van der Waals surface area contributed by atoms with Crippen molar-refractivity contribution in [3.05, 3.63) is 46.7 Å². The molecule has 0 bridgehead atoms. The molecular weight excluding hydrogens is 178 g/mol. The first-order valence-electron chi connectivity index (χ1n) is 3.86. The van der Waals surface area contributed by atoms with Crippen molar-refractivity contribution in [1.82, 2.24) is 0 Å². The van der Waals surface area contributed by atoms with Gasteiger partial charge < -0.3 is 0 Å². The van der Waals surface area contributed by atoms with Gasteiger partial charge in [-0.1, -0.05) is 18.2 Å². The number of hydrogen-bond acceptors (Lipinski definition) is 2. The van der Waals surface area contributed by atoms with Gasteiger partial charge in [-0.05, 0) is 17.5 Å². The summed E-state index contributed by atoms with van der Waals surface area (Å²) in [6, 6.07) is 11.7. The van der Waals surface area contributed by atoms with Crippen LogP contribution in [0.15, 0.2) is 35.7 Å². The van der Waals surface area contributed by atoms with Gasteiger partial charge in [0.2, 0.25) is 0 Å². The molecule has 0 aliphatic carbocycles. The van der Waals surface area contributed by atoms with E-state index in [2.05, 4.69) is 11.4 Å². The van der Waals surface area contributed by atoms with E-state index in [9.17, 15) is 0 Å². The maximum absolute atomic E-state index is 8.86. The molecule has 2 rings (SSSR count). The highest BCUT2D eigenvalue weighted by atomic mass is 32.1. The summed E-state index contributed by atoms with van der Waals surface area (Å²) in [6.07, 6.45) is 0. The summed E-state index contributed by atoms with van der Waals surface area (Å²) < 4.78 is 0. The van der Waals surface area contributed by atoms with Crippen molar-refractivity contribution >= 4 is 11.3 Å². The second-order valence-corrected chi connectivity index (χ2v) is 3.31. The number of nitrogens with zero attached hydrogens (tertiary/aromatic N) is 1. The molecule has 1 aromatic carbocycles. The number of benzene rings is 1. The molecule has 0 saturated carbocycles. The SMILES string of the molecule is N#Cc1ccccc1-c1[c]scc1. The molecule has 2 aromatic rings. The highest BCUT2D eigenvalue weighted by Gasteiger charge is 2.03. The van der Waals surface area contributed by atoms with Crippen LogP contribution in [0.1, 0.15) is 5.56 Å². The van der Waals surface area contributed by atoms with Gasteiger partial charge in [0.1, 0.15) is 0 Å². The van der Waals surface area contributed by atoms with Gasteiger partial charge in [-0.25, -0.2) is 0 Å². The normalized spacial score (nSPS) is 9.46. The number of nitriles is 1. The molecule has 0 aliphatic rings. The minimum Gasteiger partial charge on any atom is -0.192 e. The fourth-order valence-electron chi connectivity index (χ4n) is 1.19. The lowest BCUT2D eigenvalue weighted by Crippen LogP contribution is -1.80. The van der Waals surface area contributed by atoms with Crippen molar-refractivity contribution in [2.24, 2.45) is 0 Å². The third-order valence-corrected chi connectivity index (χ3v) is 2.42. The minimum absolute atomic E-state index is 0.706. The third-order valence-electron chi connectivity index (χ3n) is 1.81. The van der Waals surface area contributed by atoms with E-state index in [1.54, 1.807) is 0 Å². The van der Waals surface area contributed by atoms with E-state index in [4.69, 9.17) is 5.26 Å². The van der Waals surface area contributed by atoms with E-state index in [0.717, 1.165) is 11.1 Å². The summed E-state index contributed by atoms with van der Waals surface area (Å²) in [6.45, 7) is 0. The number of hydrogen-bond donors (Lipinski definition) is 0. The van der Waals surface area contributed by atoms with Gasteiger partial charge in [-0.2, -0.15) is 5.26 Å². The monoisotopic (exact) mass is 184 g/mol. The van der Waals surface area contributed by atoms with E-state index in [1.807, 2.05) is 35.7 Å². The van der Waals surface area contributed by atoms with Crippen LogP contribution < -0.4 is 0 Å². The number of rotatable bonds is 1. The van der Waals surface area contributed by atoms with Gasteiger partial charge in [-0.3, -0.25) is 0 Å². The molecule has 2 heteroatoms. The van der Waals surface area contributed by atoms with Crippen molar-refractivity contribution in [2.45, 2.75) is 0 Å². The van der Waals surface area contributed by atoms with Gasteiger partial charge in [0.15, 0.2) is 0 Å². The Morgan fingerprint density at radius 1 is 1.23 bits per heavy atom. The van der Waals surface area contributed by atoms with E-state index in [0.29, 0.717) is 5.56 Å². The fourth-order valence-corrected chi connectivity index (χ4v) is 1.77. The lowest BCUT2D eigenvalue weighted by molar-refractivity contribution is 1.48. The standard InChI is InChI=1S/C11H6NS/c12-7-9-3-1-2-4-11(9)10-5-6-13-8-10/h1-6H. The van der Waals surface area contributed by atoms with Crippen LogP contribution in [-0.2, 0) is 0 Å². The quantitative estimate of drug-likeness (QED) is 0.668. The predicted molar refractivity (Wildman–Crippen MR) is 53.3 cm³/mol. The topological polar surface area (TPSA) is 23.8 Å². The predicted octanol–water partition coefficient (Wildman–Crippen LogP) is 3.09. The first-order chi connectivity index (χ1) is 6.42. The van der Waals surface area contributed by atoms with E-state index in [-0.39, 0.29) is 0 Å². The largest absolute Gasteiger partial charge is 0.192 e. The zero-order chi connectivity index (χ0) is 9.10. The van der Waals surface area contributed by atoms with Crippen LogP contribution in [0.4, 0.5) is 0 Å². The molecule has 0 spiro atoms. The summed E-state index contributed by atoms with van der Waals surface area (Å²) in [7, 11) is 0. The van der Waals surface area contributed by atoms with Crippen LogP contribution >= 0.6 is 11.3 Å². The lowest BCUT2D eigenvalue weighted by Gasteiger charge is -1.98. The Hall–Kier alpha value is -1.59. The molecule has 0 unspecified atom stereocenters. The second-order valence-electron chi connectivity index (χ2n) is 2.59. The zero-order valence-corrected chi connectivity index (χ0v) is 7.64. The Labute approximate surface area is 80.9 Å². The Kier molecular flexibility index (Phi) is 2.11. The van der Waals surface area contributed by atoms with Crippen LogP contribution in [0, 0.1) is 16.7 Å². The Morgan fingerprint density at radius 3 is 2.77 bits per heavy atom. The highest BCUT2D eigenvalue weighted by Crippen LogP contribution is 2.24. The number of thiophene rings is 1. The molecule has 61 valence electrons. The highest BCUT2D eigenvalue weighted by molar-refractivity contribution is 7.07. The van der Waals surface area contributed by atoms with E-state index < -0.39 is 0 Å². The summed E-state index contributed by atoms with van der Waals surface area (Å²) in [5, 5.41) is 13.9. The van der Waals surface area contributed by atoms with Gasteiger partial charge in [0, 0.05) is 11.1 Å². The Balaban J connectivity index is 2.59. The second kappa shape index (κ2) is 3.42. The summed E-state index contributed by atoms with van der Waals surface area (Å²) in [4.78, 5) is 0. The van der Waals surface area contributed by atoms with Crippen molar-refractivity contribution in [1.29, 1.82) is 5.26 Å². The molecule has 0 atom stereocenters. The summed E-state index contributed by atoms with van der Waals surface area (Å²) >= 11 is 1.52. The first kappa shape index (κ1) is 8.03. The molecular formula is C11H6NS. The van der Waals surface area contributed by atoms with Crippen LogP contribution in [0.5, 0.6) is 0 Å². The molecule has 0 saturated heterocycles. The smallest absolute Gasteiger partial charge is 0.0998 e. The van der Waals surface area contributed by atoms with E-state index in [1.165, 1.54) is 11.3 Å². The maximum atomic E-state index is 8.86. The minimum atomic E-state index is 0.706. The molecule has 1 nitrogen and oxygen atoms in total. The Morgan fingerprint density at radius 2 is 2.08 bits per heavy atom. The zero-order valence-electron chi connectivity index (χ0n) is 6.82. The van der Waals surface area contributed by atoms with Gasteiger partial charge in [-0.15, -0.1) is 11.3 Å². The lowest BCUT2D eigenvalue weighted by atomic mass is 10.0. The average Bonchev–Trinajstić information content (AvgIpc) is 2.70. The van der Waals surface area contributed by atoms with Crippen LogP contribution in [0.25, 0.3) is 11.1 Å². The first-order valence-corrected chi connectivity index (χ1v) is 4.74.